The first kappa shape index (κ1) is 14.3. The van der Waals surface area contributed by atoms with Crippen molar-refractivity contribution in [3.63, 3.8) is 0 Å². The third kappa shape index (κ3) is 4.21. The van der Waals surface area contributed by atoms with Crippen LogP contribution in [0.4, 0.5) is 5.69 Å². The summed E-state index contributed by atoms with van der Waals surface area (Å²) >= 11 is 0. The topological polar surface area (TPSA) is 86.6 Å². The number of carboxylic acids is 1. The summed E-state index contributed by atoms with van der Waals surface area (Å²) < 4.78 is 0. The zero-order valence-electron chi connectivity index (χ0n) is 11.0. The molecular weight excluding hydrogens is 270 g/mol. The number of aromatic hydroxyl groups is 1. The van der Waals surface area contributed by atoms with Crippen molar-refractivity contribution in [2.75, 3.05) is 5.32 Å². The quantitative estimate of drug-likeness (QED) is 0.753. The van der Waals surface area contributed by atoms with E-state index in [1.165, 1.54) is 18.2 Å². The molecule has 0 bridgehead atoms. The van der Waals surface area contributed by atoms with Gasteiger partial charge in [0.05, 0.1) is 0 Å². The lowest BCUT2D eigenvalue weighted by atomic mass is 10.1. The monoisotopic (exact) mass is 283 g/mol. The summed E-state index contributed by atoms with van der Waals surface area (Å²) in [5.41, 5.74) is 1.53. The van der Waals surface area contributed by atoms with E-state index >= 15 is 0 Å². The van der Waals surface area contributed by atoms with Gasteiger partial charge in [-0.15, -0.1) is 0 Å². The molecule has 0 atom stereocenters. The first-order valence-electron chi connectivity index (χ1n) is 6.16. The third-order valence-corrected chi connectivity index (χ3v) is 2.67. The summed E-state index contributed by atoms with van der Waals surface area (Å²) in [6.07, 6.45) is 2.46. The van der Waals surface area contributed by atoms with E-state index in [0.29, 0.717) is 16.8 Å². The number of carbonyl (C=O) groups is 2. The minimum absolute atomic E-state index is 0.0146. The van der Waals surface area contributed by atoms with E-state index in [1.807, 2.05) is 0 Å². The van der Waals surface area contributed by atoms with Crippen molar-refractivity contribution in [1.82, 2.24) is 0 Å². The highest BCUT2D eigenvalue weighted by atomic mass is 16.4. The van der Waals surface area contributed by atoms with Crippen molar-refractivity contribution in [3.05, 3.63) is 65.7 Å². The predicted molar refractivity (Wildman–Crippen MR) is 79.2 cm³/mol. The van der Waals surface area contributed by atoms with Gasteiger partial charge in [0.1, 0.15) is 5.75 Å². The van der Waals surface area contributed by atoms with E-state index in [0.717, 1.165) is 6.08 Å². The number of benzene rings is 2. The maximum Gasteiger partial charge on any atom is 0.328 e. The molecule has 3 N–H and O–H groups in total. The summed E-state index contributed by atoms with van der Waals surface area (Å²) in [6, 6.07) is 12.8. The van der Waals surface area contributed by atoms with Crippen LogP contribution in [0.1, 0.15) is 15.9 Å². The van der Waals surface area contributed by atoms with Gasteiger partial charge in [0.25, 0.3) is 5.91 Å². The molecule has 0 aliphatic rings. The number of hydrogen-bond acceptors (Lipinski definition) is 3. The lowest BCUT2D eigenvalue weighted by Crippen LogP contribution is -2.11. The fraction of sp³-hybridized carbons (Fsp3) is 0. The number of nitrogens with one attached hydrogen (secondary N) is 1. The van der Waals surface area contributed by atoms with Crippen LogP contribution in [-0.4, -0.2) is 22.1 Å². The van der Waals surface area contributed by atoms with E-state index < -0.39 is 5.97 Å². The van der Waals surface area contributed by atoms with E-state index in [1.54, 1.807) is 36.4 Å². The molecule has 2 rings (SSSR count). The molecular formula is C16H13NO4. The second-order valence-electron chi connectivity index (χ2n) is 4.30. The van der Waals surface area contributed by atoms with Crippen LogP contribution in [0.25, 0.3) is 6.08 Å². The molecule has 0 aromatic heterocycles. The molecule has 2 aromatic rings. The largest absolute Gasteiger partial charge is 0.508 e. The predicted octanol–water partition coefficient (Wildman–Crippen LogP) is 2.74. The van der Waals surface area contributed by atoms with E-state index in [2.05, 4.69) is 5.32 Å². The number of hydrogen-bond donors (Lipinski definition) is 3. The number of carboxylic acid groups (broad SMARTS) is 1. The van der Waals surface area contributed by atoms with Gasteiger partial charge in [-0.1, -0.05) is 18.2 Å². The van der Waals surface area contributed by atoms with Crippen molar-refractivity contribution >= 4 is 23.6 Å². The molecule has 1 amide bonds. The van der Waals surface area contributed by atoms with Gasteiger partial charge < -0.3 is 15.5 Å². The number of amides is 1. The average molecular weight is 283 g/mol. The van der Waals surface area contributed by atoms with E-state index in [9.17, 15) is 14.7 Å². The minimum Gasteiger partial charge on any atom is -0.508 e. The molecule has 0 radical (unpaired) electrons. The molecule has 0 unspecified atom stereocenters. The van der Waals surface area contributed by atoms with Crippen LogP contribution in [-0.2, 0) is 4.79 Å². The Bertz CT molecular complexity index is 707. The van der Waals surface area contributed by atoms with Crippen LogP contribution in [0.15, 0.2) is 54.6 Å². The maximum absolute atomic E-state index is 12.0. The van der Waals surface area contributed by atoms with Crippen LogP contribution >= 0.6 is 0 Å². The van der Waals surface area contributed by atoms with Crippen molar-refractivity contribution in [2.24, 2.45) is 0 Å². The summed E-state index contributed by atoms with van der Waals surface area (Å²) in [5.74, 6) is -1.38. The Morgan fingerprint density at radius 1 is 1.05 bits per heavy atom. The lowest BCUT2D eigenvalue weighted by Gasteiger charge is -2.06. The SMILES string of the molecule is O=C(O)/C=C/c1cccc(NC(=O)c2cccc(O)c2)c1. The fourth-order valence-electron chi connectivity index (χ4n) is 1.74. The fourth-order valence-corrected chi connectivity index (χ4v) is 1.74. The molecule has 0 fully saturated rings. The number of phenolic OH excluding ortho intramolecular Hbond substituents is 1. The molecule has 5 nitrogen and oxygen atoms in total. The molecule has 0 aliphatic heterocycles. The lowest BCUT2D eigenvalue weighted by molar-refractivity contribution is -0.131. The molecule has 0 spiro atoms. The highest BCUT2D eigenvalue weighted by Crippen LogP contribution is 2.15. The van der Waals surface area contributed by atoms with Gasteiger partial charge in [-0.3, -0.25) is 4.79 Å². The Kier molecular flexibility index (Phi) is 4.36. The summed E-state index contributed by atoms with van der Waals surface area (Å²) in [6.45, 7) is 0. The minimum atomic E-state index is -1.04. The molecule has 0 saturated carbocycles. The standard InChI is InChI=1S/C16H13NO4/c18-14-6-2-4-12(10-14)16(21)17-13-5-1-3-11(9-13)7-8-15(19)20/h1-10,18H,(H,17,21)(H,19,20)/b8-7+. The van der Waals surface area contributed by atoms with Gasteiger partial charge in [-0.05, 0) is 42.0 Å². The van der Waals surface area contributed by atoms with E-state index in [4.69, 9.17) is 5.11 Å². The second kappa shape index (κ2) is 6.38. The molecule has 0 aliphatic carbocycles. The molecule has 0 heterocycles. The Morgan fingerprint density at radius 3 is 2.52 bits per heavy atom. The van der Waals surface area contributed by atoms with Crippen LogP contribution in [0.3, 0.4) is 0 Å². The summed E-state index contributed by atoms with van der Waals surface area (Å²) in [4.78, 5) is 22.5. The second-order valence-corrected chi connectivity index (χ2v) is 4.30. The molecule has 0 saturated heterocycles. The number of phenols is 1. The zero-order chi connectivity index (χ0) is 15.2. The zero-order valence-corrected chi connectivity index (χ0v) is 11.0. The third-order valence-electron chi connectivity index (χ3n) is 2.67. The molecule has 106 valence electrons. The molecule has 5 heteroatoms. The van der Waals surface area contributed by atoms with Crippen molar-refractivity contribution < 1.29 is 19.8 Å². The first-order chi connectivity index (χ1) is 10.0. The maximum atomic E-state index is 12.0. The Balaban J connectivity index is 2.14. The number of aliphatic carboxylic acids is 1. The molecule has 21 heavy (non-hydrogen) atoms. The smallest absolute Gasteiger partial charge is 0.328 e. The normalized spacial score (nSPS) is 10.5. The van der Waals surface area contributed by atoms with Crippen LogP contribution in [0.5, 0.6) is 5.75 Å². The Hall–Kier alpha value is -3.08. The summed E-state index contributed by atoms with van der Waals surface area (Å²) in [7, 11) is 0. The Labute approximate surface area is 121 Å². The number of anilines is 1. The highest BCUT2D eigenvalue weighted by Gasteiger charge is 2.06. The average Bonchev–Trinajstić information content (AvgIpc) is 2.45. The van der Waals surface area contributed by atoms with Crippen LogP contribution in [0, 0.1) is 0 Å². The number of carbonyl (C=O) groups excluding carboxylic acids is 1. The molecule has 2 aromatic carbocycles. The van der Waals surface area contributed by atoms with Gasteiger partial charge in [0.15, 0.2) is 0 Å². The Morgan fingerprint density at radius 2 is 1.81 bits per heavy atom. The van der Waals surface area contributed by atoms with Gasteiger partial charge in [-0.25, -0.2) is 4.79 Å². The van der Waals surface area contributed by atoms with Crippen molar-refractivity contribution in [3.8, 4) is 5.75 Å². The summed E-state index contributed by atoms with van der Waals surface area (Å²) in [5, 5.41) is 20.6. The van der Waals surface area contributed by atoms with Crippen LogP contribution < -0.4 is 5.32 Å². The van der Waals surface area contributed by atoms with Gasteiger partial charge in [0.2, 0.25) is 0 Å². The van der Waals surface area contributed by atoms with Gasteiger partial charge in [-0.2, -0.15) is 0 Å². The van der Waals surface area contributed by atoms with Crippen molar-refractivity contribution in [1.29, 1.82) is 0 Å². The van der Waals surface area contributed by atoms with E-state index in [-0.39, 0.29) is 11.7 Å². The van der Waals surface area contributed by atoms with Crippen LogP contribution in [0.2, 0.25) is 0 Å². The van der Waals surface area contributed by atoms with Gasteiger partial charge in [0, 0.05) is 17.3 Å². The first-order valence-corrected chi connectivity index (χ1v) is 6.16. The number of rotatable bonds is 4. The van der Waals surface area contributed by atoms with Gasteiger partial charge >= 0.3 is 5.97 Å². The highest BCUT2D eigenvalue weighted by molar-refractivity contribution is 6.04. The van der Waals surface area contributed by atoms with Crippen molar-refractivity contribution in [2.45, 2.75) is 0 Å².